The van der Waals surface area contributed by atoms with Crippen LogP contribution >= 0.6 is 0 Å². The molecule has 0 rings (SSSR count). The molecule has 0 aromatic heterocycles. The van der Waals surface area contributed by atoms with Crippen molar-refractivity contribution in [3.63, 3.8) is 0 Å². The fourth-order valence-corrected chi connectivity index (χ4v) is 0.587. The van der Waals surface area contributed by atoms with E-state index in [2.05, 4.69) is 11.9 Å². The Morgan fingerprint density at radius 1 is 1.70 bits per heavy atom. The summed E-state index contributed by atoms with van der Waals surface area (Å²) in [5, 5.41) is 8.15. The molecule has 0 aliphatic heterocycles. The quantitative estimate of drug-likeness (QED) is 0.340. The van der Waals surface area contributed by atoms with Crippen molar-refractivity contribution in [2.24, 2.45) is 4.99 Å². The molecular formula is C7H12N2O. The number of nitriles is 1. The standard InChI is InChI=1S/C7H12N2O/c1-3-4-5-7(10-2)9-6-8/h3-5H2,1-2H3. The lowest BCUT2D eigenvalue weighted by molar-refractivity contribution is 0.388. The molecular weight excluding hydrogens is 128 g/mol. The summed E-state index contributed by atoms with van der Waals surface area (Å²) in [5.74, 6) is 0.532. The fourth-order valence-electron chi connectivity index (χ4n) is 0.587. The molecule has 0 aromatic carbocycles. The number of aliphatic imine (C=N–C) groups is 1. The third-order valence-corrected chi connectivity index (χ3v) is 1.15. The van der Waals surface area contributed by atoms with Gasteiger partial charge in [-0.15, -0.1) is 4.99 Å². The van der Waals surface area contributed by atoms with E-state index in [-0.39, 0.29) is 0 Å². The first-order valence-electron chi connectivity index (χ1n) is 3.34. The van der Waals surface area contributed by atoms with Gasteiger partial charge in [-0.05, 0) is 6.42 Å². The summed E-state index contributed by atoms with van der Waals surface area (Å²) in [5.41, 5.74) is 0. The van der Waals surface area contributed by atoms with Gasteiger partial charge in [-0.2, -0.15) is 5.26 Å². The normalized spacial score (nSPS) is 10.7. The lowest BCUT2D eigenvalue weighted by Gasteiger charge is -1.99. The summed E-state index contributed by atoms with van der Waals surface area (Å²) >= 11 is 0. The Hall–Kier alpha value is -1.04. The van der Waals surface area contributed by atoms with E-state index in [9.17, 15) is 0 Å². The molecule has 0 heterocycles. The molecule has 0 aliphatic rings. The van der Waals surface area contributed by atoms with E-state index in [0.29, 0.717) is 5.90 Å². The topological polar surface area (TPSA) is 45.4 Å². The highest BCUT2D eigenvalue weighted by Crippen LogP contribution is 1.96. The molecule has 0 aromatic rings. The van der Waals surface area contributed by atoms with Gasteiger partial charge in [0.2, 0.25) is 6.19 Å². The highest BCUT2D eigenvalue weighted by molar-refractivity contribution is 5.76. The highest BCUT2D eigenvalue weighted by atomic mass is 16.5. The lowest BCUT2D eigenvalue weighted by atomic mass is 10.2. The summed E-state index contributed by atoms with van der Waals surface area (Å²) in [6, 6.07) is 0. The minimum absolute atomic E-state index is 0.532. The Morgan fingerprint density at radius 2 is 2.40 bits per heavy atom. The number of hydrogen-bond donors (Lipinski definition) is 0. The molecule has 0 radical (unpaired) electrons. The maximum absolute atomic E-state index is 8.15. The van der Waals surface area contributed by atoms with Gasteiger partial charge in [-0.25, -0.2) is 0 Å². The number of methoxy groups -OCH3 is 1. The zero-order valence-corrected chi connectivity index (χ0v) is 6.42. The second-order valence-corrected chi connectivity index (χ2v) is 1.91. The number of ether oxygens (including phenoxy) is 1. The number of nitrogens with zero attached hydrogens (tertiary/aromatic N) is 2. The SMILES string of the molecule is CCCCC(=NC#N)OC. The second-order valence-electron chi connectivity index (χ2n) is 1.91. The van der Waals surface area contributed by atoms with Crippen LogP contribution in [0.5, 0.6) is 0 Å². The van der Waals surface area contributed by atoms with Crippen molar-refractivity contribution in [2.45, 2.75) is 26.2 Å². The molecule has 0 unspecified atom stereocenters. The Bertz CT molecular complexity index is 146. The van der Waals surface area contributed by atoms with E-state index in [4.69, 9.17) is 10.00 Å². The number of rotatable bonds is 3. The van der Waals surface area contributed by atoms with Crippen LogP contribution in [0.4, 0.5) is 0 Å². The van der Waals surface area contributed by atoms with Crippen molar-refractivity contribution in [3.8, 4) is 6.19 Å². The fraction of sp³-hybridized carbons (Fsp3) is 0.714. The minimum Gasteiger partial charge on any atom is -0.484 e. The summed E-state index contributed by atoms with van der Waals surface area (Å²) in [6.07, 6.45) is 4.57. The van der Waals surface area contributed by atoms with Gasteiger partial charge in [0.15, 0.2) is 5.90 Å². The molecule has 0 fully saturated rings. The maximum Gasteiger partial charge on any atom is 0.208 e. The van der Waals surface area contributed by atoms with Crippen LogP contribution in [0.25, 0.3) is 0 Å². The summed E-state index contributed by atoms with van der Waals surface area (Å²) in [4.78, 5) is 3.48. The van der Waals surface area contributed by atoms with Crippen LogP contribution in [-0.2, 0) is 4.74 Å². The first-order valence-corrected chi connectivity index (χ1v) is 3.34. The first kappa shape index (κ1) is 8.96. The van der Waals surface area contributed by atoms with Gasteiger partial charge >= 0.3 is 0 Å². The Kier molecular flexibility index (Phi) is 5.45. The van der Waals surface area contributed by atoms with Crippen molar-refractivity contribution in [1.82, 2.24) is 0 Å². The van der Waals surface area contributed by atoms with Gasteiger partial charge in [0.25, 0.3) is 0 Å². The first-order chi connectivity index (χ1) is 4.85. The third-order valence-electron chi connectivity index (χ3n) is 1.15. The van der Waals surface area contributed by atoms with Gasteiger partial charge in [0.1, 0.15) is 0 Å². The van der Waals surface area contributed by atoms with Crippen LogP contribution in [0.3, 0.4) is 0 Å². The highest BCUT2D eigenvalue weighted by Gasteiger charge is 1.94. The maximum atomic E-state index is 8.15. The van der Waals surface area contributed by atoms with Crippen LogP contribution in [0, 0.1) is 11.5 Å². The summed E-state index contributed by atoms with van der Waals surface area (Å²) < 4.78 is 4.82. The molecule has 10 heavy (non-hydrogen) atoms. The zero-order chi connectivity index (χ0) is 7.82. The molecule has 0 bridgehead atoms. The van der Waals surface area contributed by atoms with Crippen LogP contribution in [0.15, 0.2) is 4.99 Å². The van der Waals surface area contributed by atoms with E-state index in [0.717, 1.165) is 19.3 Å². The van der Waals surface area contributed by atoms with Crippen LogP contribution < -0.4 is 0 Å². The van der Waals surface area contributed by atoms with Crippen molar-refractivity contribution < 1.29 is 4.74 Å². The van der Waals surface area contributed by atoms with E-state index in [1.807, 2.05) is 0 Å². The average Bonchev–Trinajstić information content (AvgIpc) is 1.98. The van der Waals surface area contributed by atoms with Gasteiger partial charge in [0, 0.05) is 6.42 Å². The molecule has 0 aliphatic carbocycles. The van der Waals surface area contributed by atoms with E-state index in [1.165, 1.54) is 7.11 Å². The van der Waals surface area contributed by atoms with E-state index < -0.39 is 0 Å². The van der Waals surface area contributed by atoms with Gasteiger partial charge < -0.3 is 4.74 Å². The van der Waals surface area contributed by atoms with Gasteiger partial charge in [0.05, 0.1) is 7.11 Å². The Balaban J connectivity index is 3.63. The average molecular weight is 140 g/mol. The van der Waals surface area contributed by atoms with Crippen LogP contribution in [0.1, 0.15) is 26.2 Å². The largest absolute Gasteiger partial charge is 0.484 e. The molecule has 0 amide bonds. The molecule has 56 valence electrons. The smallest absolute Gasteiger partial charge is 0.208 e. The van der Waals surface area contributed by atoms with E-state index >= 15 is 0 Å². The van der Waals surface area contributed by atoms with Gasteiger partial charge in [-0.1, -0.05) is 13.3 Å². The van der Waals surface area contributed by atoms with Crippen molar-refractivity contribution in [2.75, 3.05) is 7.11 Å². The summed E-state index contributed by atoms with van der Waals surface area (Å²) in [6.45, 7) is 2.08. The van der Waals surface area contributed by atoms with Crippen molar-refractivity contribution in [3.05, 3.63) is 0 Å². The molecule has 3 nitrogen and oxygen atoms in total. The number of unbranched alkanes of at least 4 members (excludes halogenated alkanes) is 1. The van der Waals surface area contributed by atoms with Crippen molar-refractivity contribution >= 4 is 5.90 Å². The Morgan fingerprint density at radius 3 is 2.80 bits per heavy atom. The number of hydrogen-bond acceptors (Lipinski definition) is 3. The van der Waals surface area contributed by atoms with Crippen molar-refractivity contribution in [1.29, 1.82) is 5.26 Å². The third kappa shape index (κ3) is 3.90. The molecule has 0 atom stereocenters. The molecule has 0 spiro atoms. The Labute approximate surface area is 61.3 Å². The zero-order valence-electron chi connectivity index (χ0n) is 6.42. The van der Waals surface area contributed by atoms with Gasteiger partial charge in [-0.3, -0.25) is 0 Å². The monoisotopic (exact) mass is 140 g/mol. The molecule has 0 saturated carbocycles. The molecule has 0 saturated heterocycles. The predicted molar refractivity (Wildman–Crippen MR) is 39.6 cm³/mol. The molecule has 3 heteroatoms. The minimum atomic E-state index is 0.532. The lowest BCUT2D eigenvalue weighted by Crippen LogP contribution is -1.99. The second kappa shape index (κ2) is 6.09. The predicted octanol–water partition coefficient (Wildman–Crippen LogP) is 1.70. The van der Waals surface area contributed by atoms with E-state index in [1.54, 1.807) is 6.19 Å². The molecule has 0 N–H and O–H groups in total. The van der Waals surface area contributed by atoms with Crippen LogP contribution in [0.2, 0.25) is 0 Å². The van der Waals surface area contributed by atoms with Crippen LogP contribution in [-0.4, -0.2) is 13.0 Å². The summed E-state index contributed by atoms with van der Waals surface area (Å²) in [7, 11) is 1.53.